The predicted molar refractivity (Wildman–Crippen MR) is 82.4 cm³/mol. The lowest BCUT2D eigenvalue weighted by Crippen LogP contribution is -2.30. The minimum atomic E-state index is 0.334. The van der Waals surface area contributed by atoms with Crippen molar-refractivity contribution in [2.75, 3.05) is 34.0 Å². The molecule has 20 heavy (non-hydrogen) atoms. The average molecular weight is 298 g/mol. The van der Waals surface area contributed by atoms with Gasteiger partial charge in [-0.2, -0.15) is 0 Å². The topological polar surface area (TPSA) is 43.4 Å². The molecule has 1 N–H and O–H groups in total. The van der Waals surface area contributed by atoms with E-state index in [1.54, 1.807) is 7.11 Å². The van der Waals surface area contributed by atoms with Gasteiger partial charge in [0.15, 0.2) is 0 Å². The van der Waals surface area contributed by atoms with Crippen LogP contribution in [-0.2, 0) is 22.3 Å². The van der Waals surface area contributed by atoms with Crippen molar-refractivity contribution >= 4 is 11.3 Å². The molecule has 5 heteroatoms. The molecule has 4 nitrogen and oxygen atoms in total. The van der Waals surface area contributed by atoms with Crippen molar-refractivity contribution in [1.29, 1.82) is 0 Å². The van der Waals surface area contributed by atoms with E-state index in [0.29, 0.717) is 24.7 Å². The predicted octanol–water partition coefficient (Wildman–Crippen LogP) is 2.58. The first-order chi connectivity index (χ1) is 9.55. The maximum absolute atomic E-state index is 5.53. The van der Waals surface area contributed by atoms with Crippen molar-refractivity contribution in [1.82, 2.24) is 10.3 Å². The molecule has 0 aromatic carbocycles. The van der Waals surface area contributed by atoms with Crippen LogP contribution in [0.25, 0.3) is 0 Å². The third-order valence-corrected chi connectivity index (χ3v) is 5.00. The van der Waals surface area contributed by atoms with E-state index in [0.717, 1.165) is 19.4 Å². The van der Waals surface area contributed by atoms with Crippen molar-refractivity contribution in [3.63, 3.8) is 0 Å². The summed E-state index contributed by atoms with van der Waals surface area (Å²) in [7, 11) is 3.74. The number of rotatable bonds is 7. The molecule has 0 spiro atoms. The van der Waals surface area contributed by atoms with Crippen LogP contribution in [0.5, 0.6) is 0 Å². The third-order valence-electron chi connectivity index (χ3n) is 3.73. The molecule has 0 saturated carbocycles. The zero-order valence-electron chi connectivity index (χ0n) is 13.0. The molecule has 2 rings (SSSR count). The Morgan fingerprint density at radius 2 is 2.15 bits per heavy atom. The van der Waals surface area contributed by atoms with Crippen LogP contribution >= 0.6 is 11.3 Å². The van der Waals surface area contributed by atoms with Gasteiger partial charge in [-0.1, -0.05) is 13.8 Å². The number of nitrogens with zero attached hydrogens (tertiary/aromatic N) is 1. The maximum atomic E-state index is 5.53. The summed E-state index contributed by atoms with van der Waals surface area (Å²) in [5.74, 6) is 0. The molecule has 1 atom stereocenters. The van der Waals surface area contributed by atoms with Crippen molar-refractivity contribution in [3.8, 4) is 0 Å². The van der Waals surface area contributed by atoms with Crippen LogP contribution in [0.15, 0.2) is 0 Å². The highest BCUT2D eigenvalue weighted by Crippen LogP contribution is 2.42. The van der Waals surface area contributed by atoms with E-state index in [1.807, 2.05) is 18.4 Å². The number of thiazole rings is 1. The Kier molecular flexibility index (Phi) is 5.55. The zero-order valence-corrected chi connectivity index (χ0v) is 13.8. The van der Waals surface area contributed by atoms with Crippen LogP contribution in [0.2, 0.25) is 0 Å². The molecule has 1 aliphatic rings. The lowest BCUT2D eigenvalue weighted by Gasteiger charge is -2.34. The Hall–Kier alpha value is -0.490. The minimum absolute atomic E-state index is 0.334. The zero-order chi connectivity index (χ0) is 14.6. The molecule has 1 aliphatic carbocycles. The van der Waals surface area contributed by atoms with E-state index in [2.05, 4.69) is 19.2 Å². The first kappa shape index (κ1) is 15.9. The Bertz CT molecular complexity index is 432. The van der Waals surface area contributed by atoms with Crippen LogP contribution in [-0.4, -0.2) is 39.0 Å². The van der Waals surface area contributed by atoms with Crippen molar-refractivity contribution < 1.29 is 9.47 Å². The number of fused-ring (bicyclic) bond motifs is 1. The summed E-state index contributed by atoms with van der Waals surface area (Å²) < 4.78 is 10.5. The van der Waals surface area contributed by atoms with E-state index in [4.69, 9.17) is 14.5 Å². The smallest absolute Gasteiger partial charge is 0.0954 e. The fourth-order valence-corrected chi connectivity index (χ4v) is 3.90. The van der Waals surface area contributed by atoms with Crippen LogP contribution in [0, 0.1) is 5.41 Å². The lowest BCUT2D eigenvalue weighted by atomic mass is 9.76. The van der Waals surface area contributed by atoms with E-state index < -0.39 is 0 Å². The van der Waals surface area contributed by atoms with Gasteiger partial charge in [-0.05, 0) is 25.3 Å². The molecule has 1 heterocycles. The Labute approximate surface area is 125 Å². The maximum Gasteiger partial charge on any atom is 0.0954 e. The second-order valence-electron chi connectivity index (χ2n) is 6.16. The van der Waals surface area contributed by atoms with Crippen LogP contribution in [0.4, 0.5) is 0 Å². The summed E-state index contributed by atoms with van der Waals surface area (Å²) in [4.78, 5) is 6.26. The first-order valence-electron chi connectivity index (χ1n) is 7.28. The van der Waals surface area contributed by atoms with Gasteiger partial charge in [0.25, 0.3) is 0 Å². The molecule has 1 aromatic rings. The quantitative estimate of drug-likeness (QED) is 0.786. The molecule has 0 fully saturated rings. The second-order valence-corrected chi connectivity index (χ2v) is 7.28. The fraction of sp³-hybridized carbons (Fsp3) is 0.800. The molecule has 0 radical (unpaired) electrons. The molecular formula is C15H26N2O2S. The van der Waals surface area contributed by atoms with Crippen LogP contribution in [0.1, 0.15) is 41.9 Å². The minimum Gasteiger partial charge on any atom is -0.382 e. The number of methoxy groups -OCH3 is 1. The van der Waals surface area contributed by atoms with Crippen LogP contribution < -0.4 is 5.32 Å². The first-order valence-corrected chi connectivity index (χ1v) is 8.10. The van der Waals surface area contributed by atoms with Gasteiger partial charge in [0.05, 0.1) is 30.5 Å². The van der Waals surface area contributed by atoms with E-state index in [9.17, 15) is 0 Å². The van der Waals surface area contributed by atoms with Gasteiger partial charge in [0, 0.05) is 24.4 Å². The monoisotopic (exact) mass is 298 g/mol. The third kappa shape index (κ3) is 4.01. The van der Waals surface area contributed by atoms with Gasteiger partial charge in [-0.25, -0.2) is 4.98 Å². The number of aromatic nitrogens is 1. The number of hydrogen-bond donors (Lipinski definition) is 1. The Morgan fingerprint density at radius 3 is 2.85 bits per heavy atom. The molecule has 1 aromatic heterocycles. The highest BCUT2D eigenvalue weighted by atomic mass is 32.1. The highest BCUT2D eigenvalue weighted by Gasteiger charge is 2.34. The SMILES string of the molecule is CNC1CC(C)(C)Cc2nc(CCOCCOC)sc21. The van der Waals surface area contributed by atoms with E-state index >= 15 is 0 Å². The normalized spacial score (nSPS) is 20.9. The van der Waals surface area contributed by atoms with Crippen LogP contribution in [0.3, 0.4) is 0 Å². The van der Waals surface area contributed by atoms with Gasteiger partial charge in [0.1, 0.15) is 0 Å². The molecule has 0 bridgehead atoms. The molecule has 0 aliphatic heterocycles. The van der Waals surface area contributed by atoms with E-state index in [1.165, 1.54) is 22.0 Å². The highest BCUT2D eigenvalue weighted by molar-refractivity contribution is 7.11. The summed E-state index contributed by atoms with van der Waals surface area (Å²) in [5.41, 5.74) is 1.62. The second kappa shape index (κ2) is 6.98. The number of nitrogens with one attached hydrogen (secondary N) is 1. The average Bonchev–Trinajstić information content (AvgIpc) is 2.78. The summed E-state index contributed by atoms with van der Waals surface area (Å²) in [5, 5.41) is 4.64. The van der Waals surface area contributed by atoms with Crippen molar-refractivity contribution in [2.24, 2.45) is 5.41 Å². The van der Waals surface area contributed by atoms with Gasteiger partial charge in [-0.15, -0.1) is 11.3 Å². The largest absolute Gasteiger partial charge is 0.382 e. The van der Waals surface area contributed by atoms with Gasteiger partial charge in [0.2, 0.25) is 0 Å². The van der Waals surface area contributed by atoms with Gasteiger partial charge < -0.3 is 14.8 Å². The summed E-state index contributed by atoms with van der Waals surface area (Å²) in [6.45, 7) is 6.70. The molecule has 1 unspecified atom stereocenters. The number of ether oxygens (including phenoxy) is 2. The van der Waals surface area contributed by atoms with Gasteiger partial charge >= 0.3 is 0 Å². The molecule has 0 amide bonds. The van der Waals surface area contributed by atoms with Crippen molar-refractivity contribution in [2.45, 2.75) is 39.2 Å². The standard InChI is InChI=1S/C15H26N2O2S/c1-15(2)9-11(16-3)14-12(10-15)17-13(20-14)5-6-19-8-7-18-4/h11,16H,5-10H2,1-4H3. The summed E-state index contributed by atoms with van der Waals surface area (Å²) in [6.07, 6.45) is 3.17. The molecular weight excluding hydrogens is 272 g/mol. The van der Waals surface area contributed by atoms with Gasteiger partial charge in [-0.3, -0.25) is 0 Å². The van der Waals surface area contributed by atoms with E-state index in [-0.39, 0.29) is 0 Å². The summed E-state index contributed by atoms with van der Waals surface area (Å²) >= 11 is 1.85. The summed E-state index contributed by atoms with van der Waals surface area (Å²) in [6, 6.07) is 0.453. The Morgan fingerprint density at radius 1 is 1.35 bits per heavy atom. The fourth-order valence-electron chi connectivity index (χ4n) is 2.73. The van der Waals surface area contributed by atoms with Crippen molar-refractivity contribution in [3.05, 3.63) is 15.6 Å². The lowest BCUT2D eigenvalue weighted by molar-refractivity contribution is 0.0722. The molecule has 114 valence electrons. The number of hydrogen-bond acceptors (Lipinski definition) is 5. The molecule has 0 saturated heterocycles. The Balaban J connectivity index is 1.96.